The average Bonchev–Trinajstić information content (AvgIpc) is 3.03. The van der Waals surface area contributed by atoms with E-state index in [1.165, 1.54) is 161 Å². The summed E-state index contributed by atoms with van der Waals surface area (Å²) in [5, 5.41) is 23.1. The van der Waals surface area contributed by atoms with Gasteiger partial charge in [-0.2, -0.15) is 0 Å². The molecule has 0 aliphatic rings. The molecule has 262 valence electrons. The van der Waals surface area contributed by atoms with E-state index >= 15 is 0 Å². The SMILES string of the molecule is CCCCCCCCCCC/C=C/CCCC[C@@H](O)[C@H](CO)NC(=O)CCCCCCCCCCCCCCCCCCC. The molecule has 0 rings (SSSR count). The molecule has 4 nitrogen and oxygen atoms in total. The lowest BCUT2D eigenvalue weighted by Crippen LogP contribution is -2.45. The van der Waals surface area contributed by atoms with Crippen LogP contribution in [0.2, 0.25) is 0 Å². The Hall–Kier alpha value is -0.870. The molecule has 0 aromatic rings. The van der Waals surface area contributed by atoms with Crippen molar-refractivity contribution >= 4 is 5.91 Å². The summed E-state index contributed by atoms with van der Waals surface area (Å²) in [4.78, 5) is 12.3. The minimum absolute atomic E-state index is 0.0384. The highest BCUT2D eigenvalue weighted by atomic mass is 16.3. The van der Waals surface area contributed by atoms with Crippen LogP contribution < -0.4 is 5.32 Å². The Morgan fingerprint density at radius 3 is 1.25 bits per heavy atom. The van der Waals surface area contributed by atoms with Crippen LogP contribution in [0.4, 0.5) is 0 Å². The molecule has 44 heavy (non-hydrogen) atoms. The van der Waals surface area contributed by atoms with Gasteiger partial charge in [-0.1, -0.05) is 187 Å². The molecule has 0 unspecified atom stereocenters. The monoisotopic (exact) mass is 622 g/mol. The van der Waals surface area contributed by atoms with Crippen molar-refractivity contribution in [2.45, 2.75) is 231 Å². The summed E-state index contributed by atoms with van der Waals surface area (Å²) in [7, 11) is 0. The average molecular weight is 622 g/mol. The third-order valence-corrected chi connectivity index (χ3v) is 9.28. The number of aliphatic hydroxyl groups excluding tert-OH is 2. The Balaban J connectivity index is 3.55. The molecule has 0 saturated heterocycles. The van der Waals surface area contributed by atoms with Gasteiger partial charge in [0.25, 0.3) is 0 Å². The van der Waals surface area contributed by atoms with Crippen molar-refractivity contribution in [3.63, 3.8) is 0 Å². The molecular formula is C40H79NO3. The van der Waals surface area contributed by atoms with Crippen LogP contribution in [0.25, 0.3) is 0 Å². The summed E-state index contributed by atoms with van der Waals surface area (Å²) in [6.45, 7) is 4.35. The summed E-state index contributed by atoms with van der Waals surface area (Å²) in [5.41, 5.74) is 0. The predicted molar refractivity (Wildman–Crippen MR) is 193 cm³/mol. The first-order valence-corrected chi connectivity index (χ1v) is 19.9. The summed E-state index contributed by atoms with van der Waals surface area (Å²) >= 11 is 0. The highest BCUT2D eigenvalue weighted by Crippen LogP contribution is 2.15. The molecule has 0 spiro atoms. The second-order valence-corrected chi connectivity index (χ2v) is 13.7. The third kappa shape index (κ3) is 32.5. The predicted octanol–water partition coefficient (Wildman–Crippen LogP) is 11.9. The van der Waals surface area contributed by atoms with E-state index in [0.717, 1.165) is 32.1 Å². The lowest BCUT2D eigenvalue weighted by molar-refractivity contribution is -0.123. The molecule has 0 heterocycles. The van der Waals surface area contributed by atoms with Gasteiger partial charge in [0.2, 0.25) is 5.91 Å². The molecular weight excluding hydrogens is 542 g/mol. The fourth-order valence-electron chi connectivity index (χ4n) is 6.18. The second-order valence-electron chi connectivity index (χ2n) is 13.7. The number of aliphatic hydroxyl groups is 2. The number of hydrogen-bond donors (Lipinski definition) is 3. The van der Waals surface area contributed by atoms with Crippen LogP contribution in [0.3, 0.4) is 0 Å². The van der Waals surface area contributed by atoms with Gasteiger partial charge in [-0.05, 0) is 38.5 Å². The zero-order valence-corrected chi connectivity index (χ0v) is 29.9. The quantitative estimate of drug-likeness (QED) is 0.0481. The first-order chi connectivity index (χ1) is 21.7. The van der Waals surface area contributed by atoms with Gasteiger partial charge in [-0.15, -0.1) is 0 Å². The van der Waals surface area contributed by atoms with E-state index in [1.807, 2.05) is 0 Å². The Bertz CT molecular complexity index is 593. The van der Waals surface area contributed by atoms with E-state index in [2.05, 4.69) is 31.3 Å². The van der Waals surface area contributed by atoms with Gasteiger partial charge < -0.3 is 15.5 Å². The smallest absolute Gasteiger partial charge is 0.220 e. The number of allylic oxidation sites excluding steroid dienone is 2. The minimum Gasteiger partial charge on any atom is -0.394 e. The van der Waals surface area contributed by atoms with Crippen LogP contribution in [-0.4, -0.2) is 34.9 Å². The van der Waals surface area contributed by atoms with Gasteiger partial charge in [-0.3, -0.25) is 4.79 Å². The van der Waals surface area contributed by atoms with Crippen molar-refractivity contribution in [3.8, 4) is 0 Å². The number of unbranched alkanes of at least 4 members (excludes halogenated alkanes) is 27. The van der Waals surface area contributed by atoms with Crippen LogP contribution in [0.5, 0.6) is 0 Å². The maximum Gasteiger partial charge on any atom is 0.220 e. The zero-order chi connectivity index (χ0) is 32.2. The topological polar surface area (TPSA) is 69.6 Å². The maximum atomic E-state index is 12.3. The van der Waals surface area contributed by atoms with Crippen molar-refractivity contribution in [3.05, 3.63) is 12.2 Å². The van der Waals surface area contributed by atoms with Crippen LogP contribution in [-0.2, 0) is 4.79 Å². The van der Waals surface area contributed by atoms with Gasteiger partial charge in [0.05, 0.1) is 18.8 Å². The molecule has 0 fully saturated rings. The molecule has 0 saturated carbocycles. The molecule has 0 bridgehead atoms. The molecule has 0 aromatic carbocycles. The number of carbonyl (C=O) groups excluding carboxylic acids is 1. The lowest BCUT2D eigenvalue weighted by atomic mass is 10.0. The van der Waals surface area contributed by atoms with Crippen molar-refractivity contribution in [1.29, 1.82) is 0 Å². The van der Waals surface area contributed by atoms with Gasteiger partial charge in [0.1, 0.15) is 0 Å². The summed E-state index contributed by atoms with van der Waals surface area (Å²) in [6.07, 6.45) is 44.2. The van der Waals surface area contributed by atoms with E-state index in [9.17, 15) is 15.0 Å². The number of rotatable bonds is 36. The van der Waals surface area contributed by atoms with Gasteiger partial charge in [0.15, 0.2) is 0 Å². The maximum absolute atomic E-state index is 12.3. The fraction of sp³-hybridized carbons (Fsp3) is 0.925. The third-order valence-electron chi connectivity index (χ3n) is 9.28. The fourth-order valence-corrected chi connectivity index (χ4v) is 6.18. The molecule has 1 amide bonds. The van der Waals surface area contributed by atoms with Gasteiger partial charge in [-0.25, -0.2) is 0 Å². The molecule has 0 aromatic heterocycles. The van der Waals surface area contributed by atoms with E-state index < -0.39 is 12.1 Å². The van der Waals surface area contributed by atoms with Crippen molar-refractivity contribution in [1.82, 2.24) is 5.32 Å². The summed E-state index contributed by atoms with van der Waals surface area (Å²) in [5.74, 6) is -0.0384. The standard InChI is InChI=1S/C40H79NO3/c1-3-5-7-9-11-13-15-17-19-20-22-24-26-28-30-32-34-36-40(44)41-38(37-42)39(43)35-33-31-29-27-25-23-21-18-16-14-12-10-8-6-4-2/h25,27,38-39,42-43H,3-24,26,28-37H2,1-2H3,(H,41,44)/b27-25+/t38-,39+/m0/s1. The Morgan fingerprint density at radius 2 is 0.864 bits per heavy atom. The van der Waals surface area contributed by atoms with Crippen molar-refractivity contribution in [2.75, 3.05) is 6.61 Å². The van der Waals surface area contributed by atoms with E-state index in [1.54, 1.807) is 0 Å². The lowest BCUT2D eigenvalue weighted by Gasteiger charge is -2.22. The van der Waals surface area contributed by atoms with E-state index in [-0.39, 0.29) is 12.5 Å². The van der Waals surface area contributed by atoms with Crippen LogP contribution in [0, 0.1) is 0 Å². The normalized spacial score (nSPS) is 13.1. The molecule has 0 aliphatic carbocycles. The van der Waals surface area contributed by atoms with Crippen molar-refractivity contribution in [2.24, 2.45) is 0 Å². The van der Waals surface area contributed by atoms with Crippen LogP contribution in [0.15, 0.2) is 12.2 Å². The van der Waals surface area contributed by atoms with Crippen LogP contribution in [0.1, 0.15) is 219 Å². The highest BCUT2D eigenvalue weighted by molar-refractivity contribution is 5.76. The summed E-state index contributed by atoms with van der Waals surface area (Å²) < 4.78 is 0. The molecule has 0 radical (unpaired) electrons. The zero-order valence-electron chi connectivity index (χ0n) is 29.9. The molecule has 2 atom stereocenters. The number of nitrogens with one attached hydrogen (secondary N) is 1. The Labute approximate surface area is 276 Å². The van der Waals surface area contributed by atoms with E-state index in [4.69, 9.17) is 0 Å². The van der Waals surface area contributed by atoms with Gasteiger partial charge >= 0.3 is 0 Å². The second kappa shape index (κ2) is 36.6. The molecule has 4 heteroatoms. The highest BCUT2D eigenvalue weighted by Gasteiger charge is 2.19. The van der Waals surface area contributed by atoms with Gasteiger partial charge in [0, 0.05) is 6.42 Å². The number of hydrogen-bond acceptors (Lipinski definition) is 3. The minimum atomic E-state index is -0.676. The molecule has 3 N–H and O–H groups in total. The Morgan fingerprint density at radius 1 is 0.523 bits per heavy atom. The number of carbonyl (C=O) groups is 1. The number of amides is 1. The Kier molecular flexibility index (Phi) is 35.9. The van der Waals surface area contributed by atoms with Crippen molar-refractivity contribution < 1.29 is 15.0 Å². The first kappa shape index (κ1) is 43.1. The summed E-state index contributed by atoms with van der Waals surface area (Å²) in [6, 6.07) is -0.546. The first-order valence-electron chi connectivity index (χ1n) is 19.9. The van der Waals surface area contributed by atoms with Crippen LogP contribution >= 0.6 is 0 Å². The molecule has 0 aliphatic heterocycles. The largest absolute Gasteiger partial charge is 0.394 e. The van der Waals surface area contributed by atoms with E-state index in [0.29, 0.717) is 12.8 Å².